The van der Waals surface area contributed by atoms with Crippen LogP contribution in [-0.2, 0) is 14.3 Å². The topological polar surface area (TPSA) is 169 Å². The molecule has 1 saturated heterocycles. The predicted octanol–water partition coefficient (Wildman–Crippen LogP) is 15.2. The Kier molecular flexibility index (Phi) is 50.2. The maximum absolute atomic E-state index is 13.1. The van der Waals surface area contributed by atoms with Crippen LogP contribution in [0.25, 0.3) is 0 Å². The van der Waals surface area contributed by atoms with Gasteiger partial charge in [0.05, 0.1) is 25.4 Å². The maximum atomic E-state index is 13.1. The molecule has 430 valence electrons. The molecule has 1 aliphatic rings. The molecular weight excluding hydrogens is 903 g/mol. The molecule has 1 rings (SSSR count). The van der Waals surface area contributed by atoms with Crippen molar-refractivity contribution in [2.75, 3.05) is 13.2 Å². The number of hydrogen-bond acceptors (Lipinski definition) is 9. The molecule has 1 amide bonds. The van der Waals surface area contributed by atoms with E-state index in [0.717, 1.165) is 38.5 Å². The molecule has 7 N–H and O–H groups in total. The second kappa shape index (κ2) is 52.2. The summed E-state index contributed by atoms with van der Waals surface area (Å²) in [6.45, 7) is 3.65. The van der Waals surface area contributed by atoms with Gasteiger partial charge in [-0.05, 0) is 12.8 Å². The summed E-state index contributed by atoms with van der Waals surface area (Å²) >= 11 is 0. The molecular formula is C62H123NO9. The van der Waals surface area contributed by atoms with E-state index in [9.17, 15) is 35.4 Å². The van der Waals surface area contributed by atoms with Crippen molar-refractivity contribution in [3.8, 4) is 0 Å². The molecule has 0 aromatic heterocycles. The maximum Gasteiger partial charge on any atom is 0.220 e. The fraction of sp³-hybridized carbons (Fsp3) is 0.984. The zero-order chi connectivity index (χ0) is 52.4. The van der Waals surface area contributed by atoms with Gasteiger partial charge in [-0.15, -0.1) is 0 Å². The zero-order valence-corrected chi connectivity index (χ0v) is 47.6. The highest BCUT2D eigenvalue weighted by Crippen LogP contribution is 2.24. The Bertz CT molecular complexity index is 1110. The molecule has 0 radical (unpaired) electrons. The van der Waals surface area contributed by atoms with E-state index in [0.29, 0.717) is 6.42 Å². The van der Waals surface area contributed by atoms with Crippen LogP contribution in [0.2, 0.25) is 0 Å². The number of unbranched alkanes of at least 4 members (excludes halogenated alkanes) is 45. The summed E-state index contributed by atoms with van der Waals surface area (Å²) in [5, 5.41) is 65.5. The van der Waals surface area contributed by atoms with Crippen LogP contribution in [0.5, 0.6) is 0 Å². The van der Waals surface area contributed by atoms with E-state index in [4.69, 9.17) is 9.47 Å². The van der Waals surface area contributed by atoms with Gasteiger partial charge in [0.1, 0.15) is 30.5 Å². The van der Waals surface area contributed by atoms with E-state index >= 15 is 0 Å². The van der Waals surface area contributed by atoms with Crippen LogP contribution in [0, 0.1) is 0 Å². The van der Waals surface area contributed by atoms with Crippen molar-refractivity contribution < 1.29 is 44.9 Å². The highest BCUT2D eigenvalue weighted by molar-refractivity contribution is 5.76. The third-order valence-electron chi connectivity index (χ3n) is 15.8. The summed E-state index contributed by atoms with van der Waals surface area (Å²) in [6.07, 6.45) is 53.1. The van der Waals surface area contributed by atoms with Crippen LogP contribution in [0.4, 0.5) is 0 Å². The van der Waals surface area contributed by atoms with Gasteiger partial charge in [0.25, 0.3) is 0 Å². The van der Waals surface area contributed by atoms with E-state index in [1.165, 1.54) is 263 Å². The average Bonchev–Trinajstić information content (AvgIpc) is 3.38. The van der Waals surface area contributed by atoms with Crippen LogP contribution in [-0.4, -0.2) is 98.7 Å². The number of amides is 1. The van der Waals surface area contributed by atoms with Crippen LogP contribution in [0.15, 0.2) is 0 Å². The minimum atomic E-state index is -1.60. The Labute approximate surface area is 445 Å². The lowest BCUT2D eigenvalue weighted by Crippen LogP contribution is -2.60. The lowest BCUT2D eigenvalue weighted by atomic mass is 9.98. The number of nitrogens with one attached hydrogen (secondary N) is 1. The second-order valence-electron chi connectivity index (χ2n) is 22.7. The second-order valence-corrected chi connectivity index (χ2v) is 22.7. The van der Waals surface area contributed by atoms with Crippen LogP contribution >= 0.6 is 0 Å². The van der Waals surface area contributed by atoms with E-state index in [1.54, 1.807) is 0 Å². The number of carbonyl (C=O) groups is 1. The summed E-state index contributed by atoms with van der Waals surface area (Å²) in [7, 11) is 0. The van der Waals surface area contributed by atoms with Crippen LogP contribution in [0.1, 0.15) is 328 Å². The van der Waals surface area contributed by atoms with Crippen molar-refractivity contribution in [1.82, 2.24) is 5.32 Å². The monoisotopic (exact) mass is 1030 g/mol. The Morgan fingerprint density at radius 3 is 1.03 bits per heavy atom. The number of aliphatic hydroxyl groups excluding tert-OH is 6. The third kappa shape index (κ3) is 40.4. The first-order chi connectivity index (χ1) is 35.3. The van der Waals surface area contributed by atoms with Gasteiger partial charge in [-0.1, -0.05) is 309 Å². The van der Waals surface area contributed by atoms with Crippen molar-refractivity contribution in [3.05, 3.63) is 0 Å². The molecule has 2 unspecified atom stereocenters. The largest absolute Gasteiger partial charge is 0.394 e. The number of hydrogen-bond donors (Lipinski definition) is 7. The van der Waals surface area contributed by atoms with Crippen molar-refractivity contribution >= 4 is 5.91 Å². The lowest BCUT2D eigenvalue weighted by molar-refractivity contribution is -0.303. The molecule has 0 spiro atoms. The summed E-state index contributed by atoms with van der Waals surface area (Å²) in [6, 6.07) is -0.986. The van der Waals surface area contributed by atoms with Gasteiger partial charge in [-0.3, -0.25) is 4.79 Å². The third-order valence-corrected chi connectivity index (χ3v) is 15.8. The molecule has 0 aliphatic carbocycles. The summed E-state index contributed by atoms with van der Waals surface area (Å²) in [4.78, 5) is 13.1. The van der Waals surface area contributed by atoms with E-state index in [1.807, 2.05) is 0 Å². The van der Waals surface area contributed by atoms with Gasteiger partial charge in [0, 0.05) is 6.42 Å². The summed E-state index contributed by atoms with van der Waals surface area (Å²) in [5.74, 6) is -0.250. The minimum Gasteiger partial charge on any atom is -0.394 e. The fourth-order valence-corrected chi connectivity index (χ4v) is 10.7. The average molecular weight is 1030 g/mol. The van der Waals surface area contributed by atoms with Gasteiger partial charge < -0.3 is 45.4 Å². The van der Waals surface area contributed by atoms with E-state index in [-0.39, 0.29) is 18.9 Å². The molecule has 0 bridgehead atoms. The Morgan fingerprint density at radius 2 is 0.722 bits per heavy atom. The molecule has 1 aliphatic heterocycles. The SMILES string of the molecule is CCCCCCCCCCCCCCCCCCCCCCCCCCCCCCCCCCCCC(=O)N[C@@H](CO[C@@H]1O[C@H](CO)[C@@H](O)C(O)C1O)[C@H](O)[C@H](O)CCCCCCCCCCCCCCC. The lowest BCUT2D eigenvalue weighted by Gasteiger charge is -2.40. The standard InChI is InChI=1S/C62H123NO9/c1-3-5-7-9-11-13-15-17-18-19-20-21-22-23-24-25-26-27-28-29-30-31-32-33-34-35-36-37-39-41-43-45-47-49-51-57(66)63-54(53-71-62-61(70)60(69)59(68)56(52-64)72-62)58(67)55(65)50-48-46-44-42-40-38-16-14-12-10-8-6-4-2/h54-56,58-62,64-65,67-70H,3-53H2,1-2H3,(H,63,66)/t54-,55+,56+,58-,59+,60?,61?,62+/m0/s1. The van der Waals surface area contributed by atoms with Crippen molar-refractivity contribution in [3.63, 3.8) is 0 Å². The van der Waals surface area contributed by atoms with Gasteiger partial charge in [-0.25, -0.2) is 0 Å². The highest BCUT2D eigenvalue weighted by atomic mass is 16.7. The molecule has 72 heavy (non-hydrogen) atoms. The quantitative estimate of drug-likeness (QED) is 0.0293. The summed E-state index contributed by atoms with van der Waals surface area (Å²) in [5.41, 5.74) is 0. The molecule has 0 aromatic carbocycles. The smallest absolute Gasteiger partial charge is 0.220 e. The fourth-order valence-electron chi connectivity index (χ4n) is 10.7. The van der Waals surface area contributed by atoms with Gasteiger partial charge in [0.15, 0.2) is 6.29 Å². The first kappa shape index (κ1) is 69.2. The van der Waals surface area contributed by atoms with Crippen LogP contribution < -0.4 is 5.32 Å². The zero-order valence-electron chi connectivity index (χ0n) is 47.6. The van der Waals surface area contributed by atoms with Gasteiger partial charge in [-0.2, -0.15) is 0 Å². The first-order valence-corrected chi connectivity index (χ1v) is 31.8. The van der Waals surface area contributed by atoms with Gasteiger partial charge >= 0.3 is 0 Å². The highest BCUT2D eigenvalue weighted by Gasteiger charge is 2.44. The molecule has 0 saturated carbocycles. The number of carbonyl (C=O) groups excluding carboxylic acids is 1. The number of rotatable bonds is 56. The van der Waals surface area contributed by atoms with E-state index in [2.05, 4.69) is 19.2 Å². The number of aliphatic hydroxyl groups is 6. The van der Waals surface area contributed by atoms with Crippen molar-refractivity contribution in [2.45, 2.75) is 377 Å². The van der Waals surface area contributed by atoms with Crippen molar-refractivity contribution in [2.24, 2.45) is 0 Å². The molecule has 10 heteroatoms. The first-order valence-electron chi connectivity index (χ1n) is 31.8. The van der Waals surface area contributed by atoms with Crippen LogP contribution in [0.3, 0.4) is 0 Å². The van der Waals surface area contributed by atoms with E-state index < -0.39 is 55.6 Å². The molecule has 0 aromatic rings. The Balaban J connectivity index is 2.09. The molecule has 8 atom stereocenters. The molecule has 10 nitrogen and oxygen atoms in total. The molecule has 1 heterocycles. The number of ether oxygens (including phenoxy) is 2. The molecule has 1 fully saturated rings. The van der Waals surface area contributed by atoms with Crippen molar-refractivity contribution in [1.29, 1.82) is 0 Å². The predicted molar refractivity (Wildman–Crippen MR) is 301 cm³/mol. The Morgan fingerprint density at radius 1 is 0.431 bits per heavy atom. The summed E-state index contributed by atoms with van der Waals surface area (Å²) < 4.78 is 11.2. The minimum absolute atomic E-state index is 0.250. The normalized spacial score (nSPS) is 19.5. The van der Waals surface area contributed by atoms with Gasteiger partial charge in [0.2, 0.25) is 5.91 Å². The Hall–Kier alpha value is -0.850.